The van der Waals surface area contributed by atoms with E-state index in [2.05, 4.69) is 5.32 Å². The van der Waals surface area contributed by atoms with Gasteiger partial charge in [-0.15, -0.1) is 11.8 Å². The van der Waals surface area contributed by atoms with Gasteiger partial charge in [-0.25, -0.2) is 4.79 Å². The second-order valence-electron chi connectivity index (χ2n) is 1.71. The molecule has 3 nitrogen and oxygen atoms in total. The van der Waals surface area contributed by atoms with Crippen molar-refractivity contribution in [1.29, 1.82) is 0 Å². The zero-order valence-corrected chi connectivity index (χ0v) is 7.83. The summed E-state index contributed by atoms with van der Waals surface area (Å²) in [5, 5.41) is 3.67. The van der Waals surface area contributed by atoms with Crippen molar-refractivity contribution in [2.45, 2.75) is 6.92 Å². The van der Waals surface area contributed by atoms with Gasteiger partial charge in [-0.3, -0.25) is 0 Å². The Morgan fingerprint density at radius 3 is 2.73 bits per heavy atom. The molecule has 0 rings (SSSR count). The molecule has 0 aliphatic carbocycles. The summed E-state index contributed by atoms with van der Waals surface area (Å²) in [4.78, 5) is 10.8. The molecular formula is C7H13NO2S. The van der Waals surface area contributed by atoms with Gasteiger partial charge in [0, 0.05) is 7.05 Å². The van der Waals surface area contributed by atoms with Crippen LogP contribution in [-0.4, -0.2) is 25.9 Å². The molecule has 0 spiro atoms. The molecule has 0 saturated heterocycles. The molecule has 0 aliphatic heterocycles. The molecule has 11 heavy (non-hydrogen) atoms. The SMILES string of the molecule is CCOC(=O)/C=C(/NC)SC. The van der Waals surface area contributed by atoms with Gasteiger partial charge in [0.15, 0.2) is 0 Å². The molecule has 0 radical (unpaired) electrons. The Bertz CT molecular complexity index is 151. The predicted molar refractivity (Wildman–Crippen MR) is 47.3 cm³/mol. The van der Waals surface area contributed by atoms with Gasteiger partial charge in [-0.1, -0.05) is 0 Å². The highest BCUT2D eigenvalue weighted by molar-refractivity contribution is 8.02. The number of esters is 1. The van der Waals surface area contributed by atoms with Gasteiger partial charge in [0.1, 0.15) is 0 Å². The van der Waals surface area contributed by atoms with Crippen molar-refractivity contribution < 1.29 is 9.53 Å². The van der Waals surface area contributed by atoms with Crippen LogP contribution in [0.2, 0.25) is 0 Å². The van der Waals surface area contributed by atoms with Crippen LogP contribution in [0.1, 0.15) is 6.92 Å². The van der Waals surface area contributed by atoms with Gasteiger partial charge in [-0.05, 0) is 13.2 Å². The standard InChI is InChI=1S/C7H13NO2S/c1-4-10-7(9)5-6(8-2)11-3/h5,8H,4H2,1-3H3/b6-5-. The van der Waals surface area contributed by atoms with Gasteiger partial charge >= 0.3 is 5.97 Å². The van der Waals surface area contributed by atoms with E-state index in [-0.39, 0.29) is 5.97 Å². The second-order valence-corrected chi connectivity index (χ2v) is 2.56. The molecule has 0 saturated carbocycles. The minimum Gasteiger partial charge on any atom is -0.463 e. The average Bonchev–Trinajstić information content (AvgIpc) is 2.01. The molecule has 0 unspecified atom stereocenters. The van der Waals surface area contributed by atoms with E-state index in [9.17, 15) is 4.79 Å². The third kappa shape index (κ3) is 4.72. The van der Waals surface area contributed by atoms with E-state index >= 15 is 0 Å². The first-order valence-electron chi connectivity index (χ1n) is 3.34. The highest BCUT2D eigenvalue weighted by Gasteiger charge is 1.97. The number of thioether (sulfide) groups is 1. The van der Waals surface area contributed by atoms with E-state index in [0.29, 0.717) is 6.61 Å². The molecular weight excluding hydrogens is 162 g/mol. The lowest BCUT2D eigenvalue weighted by Gasteiger charge is -2.01. The van der Waals surface area contributed by atoms with Gasteiger partial charge in [0.25, 0.3) is 0 Å². The number of ether oxygens (including phenoxy) is 1. The summed E-state index contributed by atoms with van der Waals surface area (Å²) in [5.74, 6) is -0.300. The summed E-state index contributed by atoms with van der Waals surface area (Å²) in [6.07, 6.45) is 3.33. The Labute approximate surface area is 71.2 Å². The molecule has 0 heterocycles. The van der Waals surface area contributed by atoms with E-state index in [1.165, 1.54) is 17.8 Å². The molecule has 1 N–H and O–H groups in total. The summed E-state index contributed by atoms with van der Waals surface area (Å²) in [6, 6.07) is 0. The summed E-state index contributed by atoms with van der Waals surface area (Å²) < 4.78 is 4.71. The molecule has 0 aromatic rings. The van der Waals surface area contributed by atoms with Crippen LogP contribution in [0.3, 0.4) is 0 Å². The second kappa shape index (κ2) is 6.09. The van der Waals surface area contributed by atoms with Crippen molar-refractivity contribution >= 4 is 17.7 Å². The molecule has 0 bridgehead atoms. The number of rotatable bonds is 4. The Kier molecular flexibility index (Phi) is 5.74. The van der Waals surface area contributed by atoms with Crippen LogP contribution in [0.5, 0.6) is 0 Å². The van der Waals surface area contributed by atoms with Crippen molar-refractivity contribution in [3.05, 3.63) is 11.1 Å². The summed E-state index contributed by atoms with van der Waals surface area (Å²) in [7, 11) is 1.77. The van der Waals surface area contributed by atoms with E-state index < -0.39 is 0 Å². The third-order valence-corrected chi connectivity index (χ3v) is 1.76. The molecule has 0 aromatic heterocycles. The van der Waals surface area contributed by atoms with Crippen molar-refractivity contribution in [2.75, 3.05) is 19.9 Å². The summed E-state index contributed by atoms with van der Waals surface area (Å²) in [6.45, 7) is 2.20. The normalized spacial score (nSPS) is 11.0. The van der Waals surface area contributed by atoms with E-state index in [4.69, 9.17) is 4.74 Å². The number of carbonyl (C=O) groups is 1. The van der Waals surface area contributed by atoms with Crippen molar-refractivity contribution in [1.82, 2.24) is 5.32 Å². The Balaban J connectivity index is 3.93. The Hall–Kier alpha value is -0.640. The van der Waals surface area contributed by atoms with Crippen LogP contribution < -0.4 is 5.32 Å². The molecule has 4 heteroatoms. The average molecular weight is 175 g/mol. The number of hydrogen-bond donors (Lipinski definition) is 1. The highest BCUT2D eigenvalue weighted by Crippen LogP contribution is 2.05. The molecule has 0 atom stereocenters. The first kappa shape index (κ1) is 10.4. The quantitative estimate of drug-likeness (QED) is 0.510. The van der Waals surface area contributed by atoms with Gasteiger partial charge in [0.2, 0.25) is 0 Å². The van der Waals surface area contributed by atoms with Crippen molar-refractivity contribution in [2.24, 2.45) is 0 Å². The monoisotopic (exact) mass is 175 g/mol. The maximum absolute atomic E-state index is 10.8. The largest absolute Gasteiger partial charge is 0.463 e. The lowest BCUT2D eigenvalue weighted by molar-refractivity contribution is -0.137. The molecule has 0 amide bonds. The van der Waals surface area contributed by atoms with Crippen LogP contribution >= 0.6 is 11.8 Å². The smallest absolute Gasteiger partial charge is 0.333 e. The predicted octanol–water partition coefficient (Wildman–Crippen LogP) is 0.973. The summed E-state index contributed by atoms with van der Waals surface area (Å²) in [5.41, 5.74) is 0. The maximum atomic E-state index is 10.8. The van der Waals surface area contributed by atoms with E-state index in [1.807, 2.05) is 6.26 Å². The minimum atomic E-state index is -0.300. The maximum Gasteiger partial charge on any atom is 0.333 e. The highest BCUT2D eigenvalue weighted by atomic mass is 32.2. The third-order valence-electron chi connectivity index (χ3n) is 1.00. The van der Waals surface area contributed by atoms with Crippen molar-refractivity contribution in [3.63, 3.8) is 0 Å². The number of hydrogen-bond acceptors (Lipinski definition) is 4. The van der Waals surface area contributed by atoms with Crippen LogP contribution in [0.4, 0.5) is 0 Å². The Morgan fingerprint density at radius 2 is 2.36 bits per heavy atom. The van der Waals surface area contributed by atoms with Crippen molar-refractivity contribution in [3.8, 4) is 0 Å². The lowest BCUT2D eigenvalue weighted by atomic mass is 10.6. The number of carbonyl (C=O) groups excluding carboxylic acids is 1. The summed E-state index contributed by atoms with van der Waals surface area (Å²) >= 11 is 1.47. The molecule has 0 fully saturated rings. The fourth-order valence-corrected chi connectivity index (χ4v) is 0.942. The van der Waals surface area contributed by atoms with E-state index in [0.717, 1.165) is 5.03 Å². The van der Waals surface area contributed by atoms with Crippen LogP contribution in [0, 0.1) is 0 Å². The molecule has 0 aromatic carbocycles. The topological polar surface area (TPSA) is 38.3 Å². The van der Waals surface area contributed by atoms with Gasteiger partial charge in [-0.2, -0.15) is 0 Å². The van der Waals surface area contributed by atoms with Gasteiger partial charge < -0.3 is 10.1 Å². The number of nitrogens with one attached hydrogen (secondary N) is 1. The van der Waals surface area contributed by atoms with Crippen LogP contribution in [0.25, 0.3) is 0 Å². The zero-order chi connectivity index (χ0) is 8.69. The van der Waals surface area contributed by atoms with Crippen LogP contribution in [-0.2, 0) is 9.53 Å². The first-order chi connectivity index (χ1) is 5.24. The Morgan fingerprint density at radius 1 is 1.73 bits per heavy atom. The molecule has 64 valence electrons. The fraction of sp³-hybridized carbons (Fsp3) is 0.571. The first-order valence-corrected chi connectivity index (χ1v) is 4.57. The lowest BCUT2D eigenvalue weighted by Crippen LogP contribution is -2.07. The minimum absolute atomic E-state index is 0.300. The van der Waals surface area contributed by atoms with E-state index in [1.54, 1.807) is 14.0 Å². The van der Waals surface area contributed by atoms with Gasteiger partial charge in [0.05, 0.1) is 17.7 Å². The fourth-order valence-electron chi connectivity index (χ4n) is 0.524. The van der Waals surface area contributed by atoms with Crippen LogP contribution in [0.15, 0.2) is 11.1 Å². The zero-order valence-electron chi connectivity index (χ0n) is 7.01. The molecule has 0 aliphatic rings.